The maximum absolute atomic E-state index is 10.8. The first-order chi connectivity index (χ1) is 8.63. The Bertz CT molecular complexity index is 400. The molecule has 2 rings (SSSR count). The normalized spacial score (nSPS) is 17.8. The van der Waals surface area contributed by atoms with Gasteiger partial charge in [0.15, 0.2) is 0 Å². The standard InChI is InChI=1S/C11H19N5OS/c1-8(17)13-6-9-2-4-16(5-3-9)7-10-14-15-11(12)18-10/h9H,2-7H2,1H3,(H2,12,15)(H,13,17). The van der Waals surface area contributed by atoms with Crippen LogP contribution in [0.15, 0.2) is 0 Å². The van der Waals surface area contributed by atoms with Gasteiger partial charge in [-0.25, -0.2) is 0 Å². The number of carbonyl (C=O) groups is 1. The number of nitrogen functional groups attached to an aromatic ring is 1. The predicted octanol–water partition coefficient (Wildman–Crippen LogP) is 0.468. The van der Waals surface area contributed by atoms with Crippen LogP contribution < -0.4 is 11.1 Å². The van der Waals surface area contributed by atoms with E-state index in [1.807, 2.05) is 0 Å². The Balaban J connectivity index is 1.71. The molecule has 0 aliphatic carbocycles. The maximum Gasteiger partial charge on any atom is 0.216 e. The van der Waals surface area contributed by atoms with E-state index >= 15 is 0 Å². The average molecular weight is 269 g/mol. The molecule has 18 heavy (non-hydrogen) atoms. The number of nitrogens with two attached hydrogens (primary N) is 1. The first-order valence-electron chi connectivity index (χ1n) is 6.18. The van der Waals surface area contributed by atoms with Gasteiger partial charge in [0, 0.05) is 13.5 Å². The number of rotatable bonds is 4. The Kier molecular flexibility index (Phi) is 4.48. The second-order valence-electron chi connectivity index (χ2n) is 4.69. The van der Waals surface area contributed by atoms with Crippen LogP contribution in [0.3, 0.4) is 0 Å². The van der Waals surface area contributed by atoms with Crippen molar-refractivity contribution in [1.29, 1.82) is 0 Å². The largest absolute Gasteiger partial charge is 0.374 e. The fraction of sp³-hybridized carbons (Fsp3) is 0.727. The van der Waals surface area contributed by atoms with Gasteiger partial charge < -0.3 is 11.1 Å². The second-order valence-corrected chi connectivity index (χ2v) is 5.78. The van der Waals surface area contributed by atoms with E-state index < -0.39 is 0 Å². The molecule has 0 unspecified atom stereocenters. The number of aromatic nitrogens is 2. The molecule has 0 aromatic carbocycles. The summed E-state index contributed by atoms with van der Waals surface area (Å²) in [6.07, 6.45) is 2.24. The molecule has 100 valence electrons. The van der Waals surface area contributed by atoms with Crippen LogP contribution in [-0.2, 0) is 11.3 Å². The summed E-state index contributed by atoms with van der Waals surface area (Å²) in [6, 6.07) is 0. The van der Waals surface area contributed by atoms with Crippen LogP contribution in [0.1, 0.15) is 24.8 Å². The molecule has 1 saturated heterocycles. The molecule has 1 aromatic heterocycles. The number of likely N-dealkylation sites (tertiary alicyclic amines) is 1. The fourth-order valence-electron chi connectivity index (χ4n) is 2.16. The fourth-order valence-corrected chi connectivity index (χ4v) is 2.81. The molecule has 0 saturated carbocycles. The van der Waals surface area contributed by atoms with E-state index in [4.69, 9.17) is 5.73 Å². The third-order valence-electron chi connectivity index (χ3n) is 3.19. The van der Waals surface area contributed by atoms with Crippen molar-refractivity contribution in [3.63, 3.8) is 0 Å². The van der Waals surface area contributed by atoms with E-state index in [9.17, 15) is 4.79 Å². The van der Waals surface area contributed by atoms with Crippen LogP contribution in [0, 0.1) is 5.92 Å². The minimum atomic E-state index is 0.0572. The van der Waals surface area contributed by atoms with E-state index in [1.54, 1.807) is 6.92 Å². The molecule has 0 atom stereocenters. The summed E-state index contributed by atoms with van der Waals surface area (Å²) in [5, 5.41) is 12.3. The summed E-state index contributed by atoms with van der Waals surface area (Å²) in [7, 11) is 0. The molecule has 0 radical (unpaired) electrons. The van der Waals surface area contributed by atoms with Gasteiger partial charge in [-0.3, -0.25) is 9.69 Å². The van der Waals surface area contributed by atoms with Gasteiger partial charge in [-0.15, -0.1) is 10.2 Å². The molecule has 1 aliphatic rings. The van der Waals surface area contributed by atoms with E-state index in [2.05, 4.69) is 20.4 Å². The van der Waals surface area contributed by atoms with Gasteiger partial charge in [-0.2, -0.15) is 0 Å². The number of hydrogen-bond donors (Lipinski definition) is 2. The molecular weight excluding hydrogens is 250 g/mol. The highest BCUT2D eigenvalue weighted by Gasteiger charge is 2.20. The summed E-state index contributed by atoms with van der Waals surface area (Å²) in [4.78, 5) is 13.2. The van der Waals surface area contributed by atoms with E-state index in [0.717, 1.165) is 44.0 Å². The van der Waals surface area contributed by atoms with Gasteiger partial charge in [-0.1, -0.05) is 11.3 Å². The minimum absolute atomic E-state index is 0.0572. The summed E-state index contributed by atoms with van der Waals surface area (Å²) in [5.74, 6) is 0.659. The molecule has 2 heterocycles. The smallest absolute Gasteiger partial charge is 0.216 e. The van der Waals surface area contributed by atoms with Crippen molar-refractivity contribution in [3.8, 4) is 0 Å². The van der Waals surface area contributed by atoms with Gasteiger partial charge in [0.1, 0.15) is 5.01 Å². The van der Waals surface area contributed by atoms with Gasteiger partial charge >= 0.3 is 0 Å². The first kappa shape index (κ1) is 13.2. The van der Waals surface area contributed by atoms with Crippen LogP contribution >= 0.6 is 11.3 Å². The third-order valence-corrected chi connectivity index (χ3v) is 3.93. The van der Waals surface area contributed by atoms with E-state index in [-0.39, 0.29) is 5.91 Å². The van der Waals surface area contributed by atoms with E-state index in [1.165, 1.54) is 11.3 Å². The van der Waals surface area contributed by atoms with Crippen molar-refractivity contribution in [2.75, 3.05) is 25.4 Å². The predicted molar refractivity (Wildman–Crippen MR) is 71.0 cm³/mol. The Hall–Kier alpha value is -1.21. The third kappa shape index (κ3) is 3.92. The SMILES string of the molecule is CC(=O)NCC1CCN(Cc2nnc(N)s2)CC1. The van der Waals surface area contributed by atoms with Crippen molar-refractivity contribution in [1.82, 2.24) is 20.4 Å². The molecule has 1 aliphatic heterocycles. The highest BCUT2D eigenvalue weighted by Crippen LogP contribution is 2.20. The molecule has 3 N–H and O–H groups in total. The molecule has 6 nitrogen and oxygen atoms in total. The molecular formula is C11H19N5OS. The zero-order chi connectivity index (χ0) is 13.0. The molecule has 7 heteroatoms. The average Bonchev–Trinajstić information content (AvgIpc) is 2.74. The van der Waals surface area contributed by atoms with Gasteiger partial charge in [0.05, 0.1) is 6.54 Å². The van der Waals surface area contributed by atoms with Gasteiger partial charge in [-0.05, 0) is 31.8 Å². The van der Waals surface area contributed by atoms with Crippen LogP contribution in [0.25, 0.3) is 0 Å². The number of amides is 1. The van der Waals surface area contributed by atoms with Crippen molar-refractivity contribution in [2.45, 2.75) is 26.3 Å². The lowest BCUT2D eigenvalue weighted by molar-refractivity contribution is -0.119. The number of hydrogen-bond acceptors (Lipinski definition) is 6. The maximum atomic E-state index is 10.8. The van der Waals surface area contributed by atoms with E-state index in [0.29, 0.717) is 11.0 Å². The lowest BCUT2D eigenvalue weighted by Crippen LogP contribution is -2.37. The zero-order valence-electron chi connectivity index (χ0n) is 10.6. The van der Waals surface area contributed by atoms with Crippen molar-refractivity contribution in [3.05, 3.63) is 5.01 Å². The highest BCUT2D eigenvalue weighted by molar-refractivity contribution is 7.15. The van der Waals surface area contributed by atoms with Crippen LogP contribution in [-0.4, -0.2) is 40.6 Å². The Labute approximate surface area is 111 Å². The summed E-state index contributed by atoms with van der Waals surface area (Å²) >= 11 is 1.45. The number of nitrogens with one attached hydrogen (secondary N) is 1. The first-order valence-corrected chi connectivity index (χ1v) is 7.00. The molecule has 1 aromatic rings. The lowest BCUT2D eigenvalue weighted by Gasteiger charge is -2.31. The number of piperidine rings is 1. The lowest BCUT2D eigenvalue weighted by atomic mass is 9.97. The summed E-state index contributed by atoms with van der Waals surface area (Å²) in [6.45, 7) is 5.29. The second kappa shape index (κ2) is 6.10. The number of carbonyl (C=O) groups excluding carboxylic acids is 1. The van der Waals surface area contributed by atoms with Crippen LogP contribution in [0.4, 0.5) is 5.13 Å². The van der Waals surface area contributed by atoms with Gasteiger partial charge in [0.2, 0.25) is 11.0 Å². The summed E-state index contributed by atoms with van der Waals surface area (Å²) in [5.41, 5.74) is 5.56. The quantitative estimate of drug-likeness (QED) is 0.830. The van der Waals surface area contributed by atoms with Crippen molar-refractivity contribution < 1.29 is 4.79 Å². The van der Waals surface area contributed by atoms with Crippen molar-refractivity contribution in [2.24, 2.45) is 5.92 Å². The molecule has 1 amide bonds. The Morgan fingerprint density at radius 1 is 1.50 bits per heavy atom. The topological polar surface area (TPSA) is 84.1 Å². The zero-order valence-corrected chi connectivity index (χ0v) is 11.4. The van der Waals surface area contributed by atoms with Crippen LogP contribution in [0.2, 0.25) is 0 Å². The number of nitrogens with zero attached hydrogens (tertiary/aromatic N) is 3. The highest BCUT2D eigenvalue weighted by atomic mass is 32.1. The molecule has 0 spiro atoms. The molecule has 1 fully saturated rings. The van der Waals surface area contributed by atoms with Crippen molar-refractivity contribution >= 4 is 22.4 Å². The number of anilines is 1. The van der Waals surface area contributed by atoms with Gasteiger partial charge in [0.25, 0.3) is 0 Å². The monoisotopic (exact) mass is 269 g/mol. The molecule has 0 bridgehead atoms. The Morgan fingerprint density at radius 2 is 2.22 bits per heavy atom. The summed E-state index contributed by atoms with van der Waals surface area (Å²) < 4.78 is 0. The Morgan fingerprint density at radius 3 is 2.78 bits per heavy atom. The minimum Gasteiger partial charge on any atom is -0.374 e. The van der Waals surface area contributed by atoms with Crippen LogP contribution in [0.5, 0.6) is 0 Å².